The summed E-state index contributed by atoms with van der Waals surface area (Å²) in [4.78, 5) is 0. The molecule has 0 bridgehead atoms. The topological polar surface area (TPSA) is 26.0 Å². The van der Waals surface area contributed by atoms with Crippen molar-refractivity contribution >= 4 is 22.0 Å². The first-order valence-corrected chi connectivity index (χ1v) is 21.6. The summed E-state index contributed by atoms with van der Waals surface area (Å²) in [6.07, 6.45) is 9.39. The van der Waals surface area contributed by atoms with Crippen LogP contribution in [0.5, 0.6) is 0 Å². The predicted molar refractivity (Wildman–Crippen MR) is 158 cm³/mol. The van der Waals surface area contributed by atoms with Crippen molar-refractivity contribution in [1.82, 2.24) is 0 Å². The first-order valence-electron chi connectivity index (χ1n) is 14.1. The third-order valence-electron chi connectivity index (χ3n) is 7.14. The van der Waals surface area contributed by atoms with Crippen molar-refractivity contribution in [2.24, 2.45) is 11.1 Å². The predicted octanol–water partition coefficient (Wildman–Crippen LogP) is 9.43. The average molecular weight is 573 g/mol. The van der Waals surface area contributed by atoms with E-state index in [0.717, 1.165) is 5.92 Å². The summed E-state index contributed by atoms with van der Waals surface area (Å²) in [5.41, 5.74) is 9.10. The Kier molecular flexibility index (Phi) is 15.4. The molecule has 0 spiro atoms. The Labute approximate surface area is 217 Å². The molecule has 0 heterocycles. The van der Waals surface area contributed by atoms with E-state index in [-0.39, 0.29) is 0 Å². The summed E-state index contributed by atoms with van der Waals surface area (Å²) in [6, 6.07) is 20.2. The Bertz CT molecular complexity index is 754. The van der Waals surface area contributed by atoms with Crippen LogP contribution >= 0.6 is 0 Å². The van der Waals surface area contributed by atoms with Gasteiger partial charge in [0, 0.05) is 0 Å². The number of unbranched alkanes of at least 4 members (excludes halogenated alkanes) is 2. The van der Waals surface area contributed by atoms with Crippen LogP contribution in [0.2, 0.25) is 13.3 Å². The van der Waals surface area contributed by atoms with Crippen LogP contribution in [-0.2, 0) is 6.54 Å². The molecule has 1 nitrogen and oxygen atoms in total. The van der Waals surface area contributed by atoms with E-state index in [4.69, 9.17) is 5.73 Å². The van der Waals surface area contributed by atoms with Gasteiger partial charge >= 0.3 is 130 Å². The number of nitrogens with two attached hydrogens (primary N) is 1. The van der Waals surface area contributed by atoms with Crippen molar-refractivity contribution in [3.8, 4) is 0 Å². The van der Waals surface area contributed by atoms with Crippen molar-refractivity contribution in [1.29, 1.82) is 0 Å². The van der Waals surface area contributed by atoms with Gasteiger partial charge in [-0.2, -0.15) is 0 Å². The fourth-order valence-corrected chi connectivity index (χ4v) is 21.2. The molecular formula is C32H55NSn. The summed E-state index contributed by atoms with van der Waals surface area (Å²) in [7, 11) is 0. The van der Waals surface area contributed by atoms with Gasteiger partial charge < -0.3 is 0 Å². The quantitative estimate of drug-likeness (QED) is 0.238. The molecule has 0 amide bonds. The SMILES string of the molecule is CCC(CC(C)(C)C)c1ccccc1.CCC[CH2][Sn]([CH2]CC)([CH2]CCC)[c]1cccc(CN)c1. The molecule has 2 rings (SSSR count). The molecule has 1 unspecified atom stereocenters. The Morgan fingerprint density at radius 1 is 0.765 bits per heavy atom. The van der Waals surface area contributed by atoms with Crippen molar-refractivity contribution in [3.05, 3.63) is 65.7 Å². The zero-order valence-electron chi connectivity index (χ0n) is 23.6. The van der Waals surface area contributed by atoms with Crippen LogP contribution < -0.4 is 9.31 Å². The molecule has 0 aliphatic heterocycles. The summed E-state index contributed by atoms with van der Waals surface area (Å²) in [5.74, 6) is 0.719. The minimum absolute atomic E-state index is 0.427. The van der Waals surface area contributed by atoms with Crippen LogP contribution in [0.15, 0.2) is 54.6 Å². The van der Waals surface area contributed by atoms with Gasteiger partial charge in [-0.05, 0) is 29.7 Å². The molecule has 0 aliphatic carbocycles. The molecule has 0 fully saturated rings. The van der Waals surface area contributed by atoms with Gasteiger partial charge in [0.2, 0.25) is 0 Å². The third kappa shape index (κ3) is 11.3. The van der Waals surface area contributed by atoms with E-state index in [1.165, 1.54) is 69.4 Å². The Hall–Kier alpha value is -0.801. The monoisotopic (exact) mass is 573 g/mol. The molecule has 34 heavy (non-hydrogen) atoms. The second-order valence-corrected chi connectivity index (χ2v) is 24.7. The molecule has 0 radical (unpaired) electrons. The normalized spacial score (nSPS) is 12.7. The zero-order valence-corrected chi connectivity index (χ0v) is 26.5. The van der Waals surface area contributed by atoms with E-state index < -0.39 is 18.4 Å². The Morgan fingerprint density at radius 3 is 1.85 bits per heavy atom. The van der Waals surface area contributed by atoms with Crippen molar-refractivity contribution in [2.45, 2.75) is 119 Å². The van der Waals surface area contributed by atoms with Crippen molar-refractivity contribution in [2.75, 3.05) is 0 Å². The fourth-order valence-electron chi connectivity index (χ4n) is 5.31. The fraction of sp³-hybridized carbons (Fsp3) is 0.625. The van der Waals surface area contributed by atoms with Gasteiger partial charge in [-0.15, -0.1) is 0 Å². The minimum atomic E-state index is -2.19. The first-order chi connectivity index (χ1) is 16.2. The van der Waals surface area contributed by atoms with Crippen LogP contribution in [0, 0.1) is 5.41 Å². The van der Waals surface area contributed by atoms with Crippen molar-refractivity contribution in [3.63, 3.8) is 0 Å². The van der Waals surface area contributed by atoms with E-state index in [1.54, 1.807) is 3.58 Å². The van der Waals surface area contributed by atoms with Gasteiger partial charge in [0.05, 0.1) is 0 Å². The summed E-state index contributed by atoms with van der Waals surface area (Å²) in [5, 5.41) is 0. The molecule has 0 saturated carbocycles. The average Bonchev–Trinajstić information content (AvgIpc) is 2.84. The van der Waals surface area contributed by atoms with Crippen LogP contribution in [0.25, 0.3) is 0 Å². The molecule has 0 aromatic heterocycles. The molecular weight excluding hydrogens is 517 g/mol. The third-order valence-corrected chi connectivity index (χ3v) is 23.2. The number of benzene rings is 2. The molecule has 2 heteroatoms. The first kappa shape index (κ1) is 31.2. The molecule has 192 valence electrons. The zero-order chi connectivity index (χ0) is 25.5. The second-order valence-electron chi connectivity index (χ2n) is 11.4. The Morgan fingerprint density at radius 2 is 1.38 bits per heavy atom. The number of rotatable bonds is 13. The van der Waals surface area contributed by atoms with Gasteiger partial charge in [0.1, 0.15) is 0 Å². The van der Waals surface area contributed by atoms with Gasteiger partial charge in [-0.1, -0.05) is 58.0 Å². The molecule has 2 N–H and O–H groups in total. The second kappa shape index (κ2) is 16.8. The maximum atomic E-state index is 5.86. The van der Waals surface area contributed by atoms with Crippen LogP contribution in [0.1, 0.15) is 110 Å². The number of hydrogen-bond acceptors (Lipinski definition) is 1. The van der Waals surface area contributed by atoms with Crippen LogP contribution in [0.3, 0.4) is 0 Å². The van der Waals surface area contributed by atoms with E-state index >= 15 is 0 Å². The van der Waals surface area contributed by atoms with Crippen LogP contribution in [0.4, 0.5) is 0 Å². The van der Waals surface area contributed by atoms with E-state index in [9.17, 15) is 0 Å². The molecule has 0 aliphatic rings. The number of hydrogen-bond donors (Lipinski definition) is 1. The van der Waals surface area contributed by atoms with E-state index in [2.05, 4.69) is 103 Å². The standard InChI is InChI=1S/C14H22.C7H8N.2C4H9.C3H7.Sn/c1-5-12(11-14(2,3)4)13-9-7-6-8-10-13;8-6-7-4-2-1-3-5-7;2*1-3-4-2;1-3-2;/h6-10,12H,5,11H2,1-4H3;1-2,4-5H,6,8H2;2*1,3-4H2,2H3;1,3H2,2H3;. The van der Waals surface area contributed by atoms with Gasteiger partial charge in [-0.3, -0.25) is 0 Å². The van der Waals surface area contributed by atoms with Gasteiger partial charge in [0.25, 0.3) is 0 Å². The van der Waals surface area contributed by atoms with Gasteiger partial charge in [-0.25, -0.2) is 0 Å². The molecule has 0 saturated heterocycles. The van der Waals surface area contributed by atoms with E-state index in [1.807, 2.05) is 0 Å². The molecule has 2 aromatic rings. The van der Waals surface area contributed by atoms with Gasteiger partial charge in [0.15, 0.2) is 0 Å². The molecule has 2 aromatic carbocycles. The Balaban J connectivity index is 0.000000362. The maximum absolute atomic E-state index is 5.86. The van der Waals surface area contributed by atoms with Crippen molar-refractivity contribution < 1.29 is 0 Å². The summed E-state index contributed by atoms with van der Waals surface area (Å²) in [6.45, 7) is 17.0. The summed E-state index contributed by atoms with van der Waals surface area (Å²) < 4.78 is 6.33. The molecule has 1 atom stereocenters. The summed E-state index contributed by atoms with van der Waals surface area (Å²) >= 11 is -2.19. The van der Waals surface area contributed by atoms with E-state index in [0.29, 0.717) is 12.0 Å². The van der Waals surface area contributed by atoms with Crippen LogP contribution in [-0.4, -0.2) is 18.4 Å².